The average molecular weight is 316 g/mol. The van der Waals surface area contributed by atoms with Gasteiger partial charge in [0.25, 0.3) is 15.0 Å². The van der Waals surface area contributed by atoms with Crippen LogP contribution >= 0.6 is 10.7 Å². The van der Waals surface area contributed by atoms with E-state index in [1.165, 1.54) is 6.07 Å². The molecule has 110 valence electrons. The predicted octanol–water partition coefficient (Wildman–Crippen LogP) is 2.80. The van der Waals surface area contributed by atoms with Crippen LogP contribution in [0.3, 0.4) is 0 Å². The maximum atomic E-state index is 12.3. The molecule has 0 heterocycles. The first-order chi connectivity index (χ1) is 9.34. The molecule has 0 atom stereocenters. The number of carbonyl (C=O) groups excluding carboxylic acids is 1. The largest absolute Gasteiger partial charge is 0.339 e. The maximum absolute atomic E-state index is 12.3. The zero-order chi connectivity index (χ0) is 14.9. The molecule has 0 spiro atoms. The number of hydrogen-bond acceptors (Lipinski definition) is 3. The van der Waals surface area contributed by atoms with Gasteiger partial charge in [0.15, 0.2) is 0 Å². The van der Waals surface area contributed by atoms with Crippen molar-refractivity contribution in [1.82, 2.24) is 4.90 Å². The van der Waals surface area contributed by atoms with Crippen molar-refractivity contribution in [1.29, 1.82) is 0 Å². The van der Waals surface area contributed by atoms with Gasteiger partial charge in [0.2, 0.25) is 0 Å². The van der Waals surface area contributed by atoms with E-state index in [4.69, 9.17) is 10.7 Å². The SMILES string of the molecule is CCc1ccc(C(=O)N(C)C2CCC2)cc1S(=O)(=O)Cl. The van der Waals surface area contributed by atoms with Crippen molar-refractivity contribution < 1.29 is 13.2 Å². The third-order valence-electron chi connectivity index (χ3n) is 3.90. The Labute approximate surface area is 124 Å². The number of nitrogens with zero attached hydrogens (tertiary/aromatic N) is 1. The zero-order valence-corrected chi connectivity index (χ0v) is 13.2. The third-order valence-corrected chi connectivity index (χ3v) is 5.30. The number of aryl methyl sites for hydroxylation is 1. The number of hydrogen-bond donors (Lipinski definition) is 0. The fourth-order valence-corrected chi connectivity index (χ4v) is 3.57. The fraction of sp³-hybridized carbons (Fsp3) is 0.500. The number of amides is 1. The molecule has 0 aliphatic heterocycles. The molecule has 0 saturated heterocycles. The lowest BCUT2D eigenvalue weighted by Crippen LogP contribution is -2.41. The van der Waals surface area contributed by atoms with Crippen LogP contribution in [0.25, 0.3) is 0 Å². The molecule has 1 amide bonds. The molecule has 1 fully saturated rings. The smallest absolute Gasteiger partial charge is 0.261 e. The normalized spacial score (nSPS) is 15.8. The molecule has 0 aromatic heterocycles. The van der Waals surface area contributed by atoms with Crippen LogP contribution in [0.1, 0.15) is 42.1 Å². The van der Waals surface area contributed by atoms with E-state index in [9.17, 15) is 13.2 Å². The molecule has 1 aliphatic rings. The van der Waals surface area contributed by atoms with Gasteiger partial charge in [0.05, 0.1) is 4.90 Å². The molecule has 1 aromatic rings. The molecule has 0 N–H and O–H groups in total. The Morgan fingerprint density at radius 2 is 2.05 bits per heavy atom. The van der Waals surface area contributed by atoms with E-state index in [-0.39, 0.29) is 16.8 Å². The highest BCUT2D eigenvalue weighted by Crippen LogP contribution is 2.27. The summed E-state index contributed by atoms with van der Waals surface area (Å²) in [5.41, 5.74) is 0.999. The fourth-order valence-electron chi connectivity index (χ4n) is 2.35. The van der Waals surface area contributed by atoms with E-state index in [1.54, 1.807) is 24.1 Å². The van der Waals surface area contributed by atoms with Crippen molar-refractivity contribution in [3.05, 3.63) is 29.3 Å². The standard InChI is InChI=1S/C14H18ClNO3S/c1-3-10-7-8-11(9-13(10)20(15,18)19)14(17)16(2)12-5-4-6-12/h7-9,12H,3-6H2,1-2H3. The predicted molar refractivity (Wildman–Crippen MR) is 78.6 cm³/mol. The summed E-state index contributed by atoms with van der Waals surface area (Å²) in [6.45, 7) is 1.85. The summed E-state index contributed by atoms with van der Waals surface area (Å²) in [6, 6.07) is 4.99. The van der Waals surface area contributed by atoms with Gasteiger partial charge in [-0.15, -0.1) is 0 Å². The van der Waals surface area contributed by atoms with Crippen LogP contribution in [0.2, 0.25) is 0 Å². The van der Waals surface area contributed by atoms with E-state index >= 15 is 0 Å². The second-order valence-electron chi connectivity index (χ2n) is 5.11. The van der Waals surface area contributed by atoms with Crippen molar-refractivity contribution >= 4 is 25.6 Å². The van der Waals surface area contributed by atoms with Crippen LogP contribution < -0.4 is 0 Å². The summed E-state index contributed by atoms with van der Waals surface area (Å²) in [5.74, 6) is -0.154. The Bertz CT molecular complexity index is 623. The van der Waals surface area contributed by atoms with Crippen LogP contribution in [0.5, 0.6) is 0 Å². The molecule has 2 rings (SSSR count). The first-order valence-corrected chi connectivity index (χ1v) is 9.00. The van der Waals surface area contributed by atoms with Gasteiger partial charge in [-0.25, -0.2) is 8.42 Å². The Morgan fingerprint density at radius 1 is 1.40 bits per heavy atom. The quantitative estimate of drug-likeness (QED) is 0.803. The van der Waals surface area contributed by atoms with Gasteiger partial charge in [-0.05, 0) is 43.4 Å². The third kappa shape index (κ3) is 2.99. The molecule has 4 nitrogen and oxygen atoms in total. The summed E-state index contributed by atoms with van der Waals surface area (Å²) in [7, 11) is 3.37. The Morgan fingerprint density at radius 3 is 2.50 bits per heavy atom. The van der Waals surface area contributed by atoms with Crippen LogP contribution in [0.4, 0.5) is 0 Å². The van der Waals surface area contributed by atoms with Crippen LogP contribution in [-0.4, -0.2) is 32.3 Å². The molecule has 1 aromatic carbocycles. The lowest BCUT2D eigenvalue weighted by atomic mass is 9.91. The topological polar surface area (TPSA) is 54.5 Å². The minimum absolute atomic E-state index is 0.0366. The van der Waals surface area contributed by atoms with Gasteiger partial charge in [-0.2, -0.15) is 0 Å². The first kappa shape index (κ1) is 15.3. The Balaban J connectivity index is 2.35. The highest BCUT2D eigenvalue weighted by Gasteiger charge is 2.27. The summed E-state index contributed by atoms with van der Waals surface area (Å²) in [6.07, 6.45) is 3.71. The van der Waals surface area contributed by atoms with Crippen molar-refractivity contribution in [2.24, 2.45) is 0 Å². The van der Waals surface area contributed by atoms with E-state index in [0.717, 1.165) is 19.3 Å². The van der Waals surface area contributed by atoms with Gasteiger partial charge in [0, 0.05) is 29.3 Å². The first-order valence-electron chi connectivity index (χ1n) is 6.69. The molecule has 20 heavy (non-hydrogen) atoms. The molecule has 1 saturated carbocycles. The van der Waals surface area contributed by atoms with Gasteiger partial charge in [-0.1, -0.05) is 13.0 Å². The van der Waals surface area contributed by atoms with E-state index in [2.05, 4.69) is 0 Å². The molecule has 0 unspecified atom stereocenters. The Hall–Kier alpha value is -1.07. The van der Waals surface area contributed by atoms with E-state index in [0.29, 0.717) is 17.5 Å². The van der Waals surface area contributed by atoms with Crippen LogP contribution in [0, 0.1) is 0 Å². The molecular weight excluding hydrogens is 298 g/mol. The maximum Gasteiger partial charge on any atom is 0.261 e. The summed E-state index contributed by atoms with van der Waals surface area (Å²) in [4.78, 5) is 14.1. The number of carbonyl (C=O) groups is 1. The van der Waals surface area contributed by atoms with Gasteiger partial charge in [0.1, 0.15) is 0 Å². The number of halogens is 1. The second kappa shape index (κ2) is 5.74. The number of benzene rings is 1. The van der Waals surface area contributed by atoms with Crippen molar-refractivity contribution in [2.75, 3.05) is 7.05 Å². The highest BCUT2D eigenvalue weighted by molar-refractivity contribution is 8.13. The molecular formula is C14H18ClNO3S. The molecule has 0 bridgehead atoms. The number of rotatable bonds is 4. The van der Waals surface area contributed by atoms with Gasteiger partial charge < -0.3 is 4.90 Å². The van der Waals surface area contributed by atoms with Gasteiger partial charge in [-0.3, -0.25) is 4.79 Å². The highest BCUT2D eigenvalue weighted by atomic mass is 35.7. The van der Waals surface area contributed by atoms with Gasteiger partial charge >= 0.3 is 0 Å². The van der Waals surface area contributed by atoms with Crippen molar-refractivity contribution in [3.8, 4) is 0 Å². The minimum atomic E-state index is -3.84. The summed E-state index contributed by atoms with van der Waals surface area (Å²) >= 11 is 0. The molecule has 0 radical (unpaired) electrons. The second-order valence-corrected chi connectivity index (χ2v) is 7.65. The summed E-state index contributed by atoms with van der Waals surface area (Å²) < 4.78 is 23.2. The average Bonchev–Trinajstić information content (AvgIpc) is 2.34. The summed E-state index contributed by atoms with van der Waals surface area (Å²) in [5, 5.41) is 0. The lowest BCUT2D eigenvalue weighted by Gasteiger charge is -2.34. The van der Waals surface area contributed by atoms with Crippen molar-refractivity contribution in [3.63, 3.8) is 0 Å². The lowest BCUT2D eigenvalue weighted by molar-refractivity contribution is 0.0652. The monoisotopic (exact) mass is 315 g/mol. The van der Waals surface area contributed by atoms with Crippen LogP contribution in [-0.2, 0) is 15.5 Å². The zero-order valence-electron chi connectivity index (χ0n) is 11.6. The van der Waals surface area contributed by atoms with Crippen molar-refractivity contribution in [2.45, 2.75) is 43.5 Å². The molecule has 6 heteroatoms. The van der Waals surface area contributed by atoms with Crippen LogP contribution in [0.15, 0.2) is 23.1 Å². The molecule has 1 aliphatic carbocycles. The van der Waals surface area contributed by atoms with E-state index in [1.807, 2.05) is 6.92 Å². The van der Waals surface area contributed by atoms with E-state index < -0.39 is 9.05 Å². The Kier molecular flexibility index (Phi) is 4.39. The minimum Gasteiger partial charge on any atom is -0.339 e.